The first-order chi connectivity index (χ1) is 14.4. The van der Waals surface area contributed by atoms with Crippen molar-refractivity contribution >= 4 is 57.4 Å². The van der Waals surface area contributed by atoms with E-state index in [9.17, 15) is 14.0 Å². The summed E-state index contributed by atoms with van der Waals surface area (Å²) in [6.45, 7) is 4.88. The van der Waals surface area contributed by atoms with Crippen LogP contribution in [0.15, 0.2) is 35.3 Å². The molecule has 0 bridgehead atoms. The van der Waals surface area contributed by atoms with Crippen LogP contribution in [0.4, 0.5) is 15.2 Å². The maximum Gasteiger partial charge on any atom is 0.276 e. The number of rotatable bonds is 8. The molecule has 0 unspecified atom stereocenters. The molecular weight excluding hydrogens is 427 g/mol. The van der Waals surface area contributed by atoms with Gasteiger partial charge in [-0.15, -0.1) is 11.3 Å². The van der Waals surface area contributed by atoms with E-state index in [0.29, 0.717) is 47.8 Å². The van der Waals surface area contributed by atoms with Gasteiger partial charge in [-0.2, -0.15) is 0 Å². The van der Waals surface area contributed by atoms with Crippen molar-refractivity contribution < 1.29 is 18.7 Å². The van der Waals surface area contributed by atoms with Crippen molar-refractivity contribution in [3.05, 3.63) is 46.9 Å². The maximum atomic E-state index is 14.2. The highest BCUT2D eigenvalue weighted by molar-refractivity contribution is 7.80. The fourth-order valence-corrected chi connectivity index (χ4v) is 4.00. The summed E-state index contributed by atoms with van der Waals surface area (Å²) in [4.78, 5) is 31.8. The summed E-state index contributed by atoms with van der Waals surface area (Å²) in [5, 5.41) is 5.22. The second kappa shape index (κ2) is 9.88. The summed E-state index contributed by atoms with van der Waals surface area (Å²) in [7, 11) is 0. The number of para-hydroxylation sites is 1. The molecule has 0 aliphatic carbocycles. The Bertz CT molecular complexity index is 992. The standard InChI is InChI=1S/C20H21FN4O3S2/c1-3-28-10-6-9-24-18(27)16(23-19(24)29)11-14-12-30-20(22-14)25(13(2)26)17-8-5-4-7-15(17)21/h4-5,7-8,11-12H,3,6,9-10H2,1-2H3,(H,23,29)/b16-11+. The number of hydrogen-bond acceptors (Lipinski definition) is 6. The lowest BCUT2D eigenvalue weighted by molar-refractivity contribution is -0.122. The van der Waals surface area contributed by atoms with Crippen molar-refractivity contribution in [2.24, 2.45) is 0 Å². The third-order valence-electron chi connectivity index (χ3n) is 4.24. The molecule has 2 aromatic rings. The molecule has 2 heterocycles. The predicted octanol–water partition coefficient (Wildman–Crippen LogP) is 3.45. The lowest BCUT2D eigenvalue weighted by atomic mass is 10.3. The van der Waals surface area contributed by atoms with E-state index in [0.717, 1.165) is 0 Å². The molecule has 3 rings (SSSR count). The van der Waals surface area contributed by atoms with Gasteiger partial charge in [0.15, 0.2) is 10.2 Å². The van der Waals surface area contributed by atoms with Crippen LogP contribution in [0.2, 0.25) is 0 Å². The molecule has 1 saturated heterocycles. The average molecular weight is 449 g/mol. The van der Waals surface area contributed by atoms with Gasteiger partial charge in [0.2, 0.25) is 5.91 Å². The Morgan fingerprint density at radius 3 is 2.90 bits per heavy atom. The van der Waals surface area contributed by atoms with Gasteiger partial charge in [0.25, 0.3) is 5.91 Å². The molecule has 0 radical (unpaired) electrons. The Labute approximate surface area is 183 Å². The number of hydrogen-bond donors (Lipinski definition) is 1. The molecule has 0 spiro atoms. The van der Waals surface area contributed by atoms with Crippen molar-refractivity contribution in [2.45, 2.75) is 20.3 Å². The molecule has 1 aliphatic heterocycles. The lowest BCUT2D eigenvalue weighted by Gasteiger charge is -2.18. The zero-order valence-corrected chi connectivity index (χ0v) is 18.2. The molecule has 1 aromatic heterocycles. The Morgan fingerprint density at radius 1 is 1.43 bits per heavy atom. The number of carbonyl (C=O) groups excluding carboxylic acids is 2. The average Bonchev–Trinajstić information content (AvgIpc) is 3.26. The molecule has 1 N–H and O–H groups in total. The topological polar surface area (TPSA) is 74.8 Å². The van der Waals surface area contributed by atoms with Crippen LogP contribution in [0.5, 0.6) is 0 Å². The van der Waals surface area contributed by atoms with Gasteiger partial charge in [-0.1, -0.05) is 12.1 Å². The Morgan fingerprint density at radius 2 is 2.20 bits per heavy atom. The summed E-state index contributed by atoms with van der Waals surface area (Å²) < 4.78 is 19.5. The first kappa shape index (κ1) is 22.0. The minimum atomic E-state index is -0.525. The molecule has 1 aromatic carbocycles. The highest BCUT2D eigenvalue weighted by Gasteiger charge is 2.30. The highest BCUT2D eigenvalue weighted by Crippen LogP contribution is 2.31. The number of amides is 2. The van der Waals surface area contributed by atoms with Crippen molar-refractivity contribution in [1.29, 1.82) is 0 Å². The first-order valence-corrected chi connectivity index (χ1v) is 10.6. The number of ether oxygens (including phenoxy) is 1. The number of thiocarbonyl (C=S) groups is 1. The number of anilines is 2. The zero-order valence-electron chi connectivity index (χ0n) is 16.6. The molecular formula is C20H21FN4O3S2. The van der Waals surface area contributed by atoms with Gasteiger partial charge in [-0.25, -0.2) is 9.37 Å². The van der Waals surface area contributed by atoms with Gasteiger partial charge in [-0.3, -0.25) is 19.4 Å². The van der Waals surface area contributed by atoms with E-state index in [1.54, 1.807) is 23.6 Å². The van der Waals surface area contributed by atoms with E-state index in [1.165, 1.54) is 40.2 Å². The van der Waals surface area contributed by atoms with Crippen LogP contribution < -0.4 is 10.2 Å². The van der Waals surface area contributed by atoms with Crippen molar-refractivity contribution in [2.75, 3.05) is 24.7 Å². The molecule has 2 amide bonds. The van der Waals surface area contributed by atoms with Crippen molar-refractivity contribution in [3.8, 4) is 0 Å². The lowest BCUT2D eigenvalue weighted by Crippen LogP contribution is -2.32. The van der Waals surface area contributed by atoms with Crippen LogP contribution in [0.1, 0.15) is 26.0 Å². The summed E-state index contributed by atoms with van der Waals surface area (Å²) in [5.74, 6) is -1.14. The van der Waals surface area contributed by atoms with E-state index in [2.05, 4.69) is 10.3 Å². The summed E-state index contributed by atoms with van der Waals surface area (Å²) in [6, 6.07) is 5.99. The van der Waals surface area contributed by atoms with E-state index in [4.69, 9.17) is 17.0 Å². The maximum absolute atomic E-state index is 14.2. The highest BCUT2D eigenvalue weighted by atomic mass is 32.1. The second-order valence-corrected chi connectivity index (χ2v) is 7.58. The third-order valence-corrected chi connectivity index (χ3v) is 5.40. The van der Waals surface area contributed by atoms with Gasteiger partial charge in [0, 0.05) is 32.1 Å². The number of thiazole rings is 1. The summed E-state index contributed by atoms with van der Waals surface area (Å²) >= 11 is 6.42. The van der Waals surface area contributed by atoms with Gasteiger partial charge in [0.05, 0.1) is 11.4 Å². The quantitative estimate of drug-likeness (QED) is 0.379. The van der Waals surface area contributed by atoms with E-state index in [1.807, 2.05) is 6.92 Å². The Hall–Kier alpha value is -2.69. The minimum absolute atomic E-state index is 0.121. The van der Waals surface area contributed by atoms with Gasteiger partial charge < -0.3 is 10.1 Å². The molecule has 158 valence electrons. The largest absolute Gasteiger partial charge is 0.382 e. The van der Waals surface area contributed by atoms with E-state index in [-0.39, 0.29) is 17.5 Å². The van der Waals surface area contributed by atoms with Gasteiger partial charge >= 0.3 is 0 Å². The normalized spacial score (nSPS) is 15.0. The van der Waals surface area contributed by atoms with Crippen LogP contribution in [0.25, 0.3) is 6.08 Å². The fourth-order valence-electron chi connectivity index (χ4n) is 2.88. The van der Waals surface area contributed by atoms with Crippen LogP contribution in [-0.2, 0) is 14.3 Å². The number of benzene rings is 1. The Balaban J connectivity index is 1.78. The van der Waals surface area contributed by atoms with Gasteiger partial charge in [0.1, 0.15) is 11.5 Å². The van der Waals surface area contributed by atoms with Crippen LogP contribution in [0.3, 0.4) is 0 Å². The van der Waals surface area contributed by atoms with E-state index < -0.39 is 5.82 Å². The smallest absolute Gasteiger partial charge is 0.276 e. The number of halogens is 1. The molecule has 0 atom stereocenters. The fraction of sp³-hybridized carbons (Fsp3) is 0.300. The minimum Gasteiger partial charge on any atom is -0.382 e. The number of aromatic nitrogens is 1. The molecule has 1 fully saturated rings. The second-order valence-electron chi connectivity index (χ2n) is 6.36. The van der Waals surface area contributed by atoms with Crippen molar-refractivity contribution in [3.63, 3.8) is 0 Å². The first-order valence-electron chi connectivity index (χ1n) is 9.35. The zero-order chi connectivity index (χ0) is 21.7. The number of nitrogens with zero attached hydrogens (tertiary/aromatic N) is 3. The Kier molecular flexibility index (Phi) is 7.24. The summed E-state index contributed by atoms with van der Waals surface area (Å²) in [6.07, 6.45) is 2.24. The number of carbonyl (C=O) groups is 2. The predicted molar refractivity (Wildman–Crippen MR) is 118 cm³/mol. The third kappa shape index (κ3) is 4.89. The molecule has 30 heavy (non-hydrogen) atoms. The van der Waals surface area contributed by atoms with Gasteiger partial charge in [-0.05, 0) is 43.8 Å². The SMILES string of the molecule is CCOCCCN1C(=O)/C(=C\c2csc(N(C(C)=O)c3ccccc3F)n2)NC1=S. The van der Waals surface area contributed by atoms with Crippen molar-refractivity contribution in [1.82, 2.24) is 15.2 Å². The van der Waals surface area contributed by atoms with Crippen LogP contribution in [-0.4, -0.2) is 46.6 Å². The molecule has 0 saturated carbocycles. The number of nitrogens with one attached hydrogen (secondary N) is 1. The monoisotopic (exact) mass is 448 g/mol. The van der Waals surface area contributed by atoms with E-state index >= 15 is 0 Å². The molecule has 1 aliphatic rings. The molecule has 7 nitrogen and oxygen atoms in total. The van der Waals surface area contributed by atoms with Crippen LogP contribution in [0, 0.1) is 5.82 Å². The van der Waals surface area contributed by atoms with Crippen LogP contribution >= 0.6 is 23.6 Å². The molecule has 10 heteroatoms. The summed E-state index contributed by atoms with van der Waals surface area (Å²) in [5.41, 5.74) is 0.885.